The van der Waals surface area contributed by atoms with Crippen molar-refractivity contribution in [3.05, 3.63) is 70.3 Å². The van der Waals surface area contributed by atoms with Crippen LogP contribution in [0.2, 0.25) is 0 Å². The highest BCUT2D eigenvalue weighted by atomic mass is 32.2. The summed E-state index contributed by atoms with van der Waals surface area (Å²) in [6.45, 7) is 12.3. The molecule has 0 bridgehead atoms. The first-order valence-corrected chi connectivity index (χ1v) is 10.3. The van der Waals surface area contributed by atoms with Gasteiger partial charge in [0, 0.05) is 29.5 Å². The second-order valence-corrected chi connectivity index (χ2v) is 8.02. The van der Waals surface area contributed by atoms with Crippen molar-refractivity contribution in [1.29, 1.82) is 0 Å². The van der Waals surface area contributed by atoms with E-state index in [1.165, 1.54) is 11.8 Å². The van der Waals surface area contributed by atoms with Gasteiger partial charge < -0.3 is 4.57 Å². The molecule has 0 radical (unpaired) electrons. The molecule has 0 spiro atoms. The van der Waals surface area contributed by atoms with Gasteiger partial charge in [-0.1, -0.05) is 30.0 Å². The molecular weight excluding hydrogens is 370 g/mol. The summed E-state index contributed by atoms with van der Waals surface area (Å²) in [5.41, 5.74) is 3.32. The molecule has 146 valence electrons. The molecule has 3 rings (SSSR count). The summed E-state index contributed by atoms with van der Waals surface area (Å²) in [6.07, 6.45) is 1.67. The van der Waals surface area contributed by atoms with Gasteiger partial charge in [0.25, 0.3) is 5.56 Å². The van der Waals surface area contributed by atoms with Gasteiger partial charge in [0.2, 0.25) is 0 Å². The van der Waals surface area contributed by atoms with Crippen molar-refractivity contribution >= 4 is 28.4 Å². The lowest BCUT2D eigenvalue weighted by Crippen LogP contribution is -2.23. The summed E-state index contributed by atoms with van der Waals surface area (Å²) in [5, 5.41) is 1.11. The molecule has 0 aliphatic heterocycles. The molecular formula is C22H25N3O2S. The van der Waals surface area contributed by atoms with Gasteiger partial charge in [-0.25, -0.2) is 4.98 Å². The first-order chi connectivity index (χ1) is 13.3. The number of allylic oxidation sites excluding steroid dienone is 1. The standard InChI is InChI=1S/C22H25N3O2S/c1-6-11-24-21(27)17-9-7-8-10-19(17)23-22(24)28-13-20(26)18-12-15(4)25(14(2)3)16(18)5/h6-10,12,14H,1,11,13H2,2-5H3. The van der Waals surface area contributed by atoms with Gasteiger partial charge in [-0.05, 0) is 45.9 Å². The fraction of sp³-hybridized carbons (Fsp3) is 0.318. The second kappa shape index (κ2) is 8.19. The molecule has 0 N–H and O–H groups in total. The Balaban J connectivity index is 1.92. The van der Waals surface area contributed by atoms with Crippen molar-refractivity contribution in [3.63, 3.8) is 0 Å². The van der Waals surface area contributed by atoms with E-state index in [1.54, 1.807) is 16.7 Å². The maximum atomic E-state index is 12.9. The lowest BCUT2D eigenvalue weighted by Gasteiger charge is -2.13. The molecule has 6 heteroatoms. The molecule has 3 aromatic rings. The minimum atomic E-state index is -0.113. The van der Waals surface area contributed by atoms with Crippen molar-refractivity contribution in [3.8, 4) is 0 Å². The summed E-state index contributed by atoms with van der Waals surface area (Å²) in [6, 6.07) is 9.51. The van der Waals surface area contributed by atoms with Crippen LogP contribution in [0.1, 0.15) is 41.6 Å². The molecule has 0 aliphatic rings. The molecule has 0 saturated heterocycles. The van der Waals surface area contributed by atoms with Crippen molar-refractivity contribution in [2.75, 3.05) is 5.75 Å². The van der Waals surface area contributed by atoms with E-state index in [0.717, 1.165) is 17.0 Å². The third kappa shape index (κ3) is 3.69. The van der Waals surface area contributed by atoms with Crippen LogP contribution in [0.5, 0.6) is 0 Å². The molecule has 5 nitrogen and oxygen atoms in total. The first-order valence-electron chi connectivity index (χ1n) is 9.30. The van der Waals surface area contributed by atoms with Crippen LogP contribution in [0.25, 0.3) is 10.9 Å². The number of nitrogens with zero attached hydrogens (tertiary/aromatic N) is 3. The predicted molar refractivity (Wildman–Crippen MR) is 116 cm³/mol. The van der Waals surface area contributed by atoms with Gasteiger partial charge in [-0.2, -0.15) is 0 Å². The summed E-state index contributed by atoms with van der Waals surface area (Å²) in [7, 11) is 0. The van der Waals surface area contributed by atoms with Crippen LogP contribution in [-0.4, -0.2) is 25.7 Å². The number of aryl methyl sites for hydroxylation is 1. The van der Waals surface area contributed by atoms with Crippen molar-refractivity contribution in [2.24, 2.45) is 0 Å². The number of para-hydroxylation sites is 1. The van der Waals surface area contributed by atoms with Gasteiger partial charge in [0.05, 0.1) is 16.7 Å². The van der Waals surface area contributed by atoms with E-state index in [0.29, 0.717) is 28.6 Å². The van der Waals surface area contributed by atoms with Crippen molar-refractivity contribution in [2.45, 2.75) is 45.4 Å². The number of ketones is 1. The van der Waals surface area contributed by atoms with Crippen molar-refractivity contribution < 1.29 is 4.79 Å². The molecule has 2 aromatic heterocycles. The largest absolute Gasteiger partial charge is 0.346 e. The number of thioether (sulfide) groups is 1. The van der Waals surface area contributed by atoms with Crippen LogP contribution in [-0.2, 0) is 6.54 Å². The summed E-state index contributed by atoms with van der Waals surface area (Å²) >= 11 is 1.30. The Hall–Kier alpha value is -2.60. The SMILES string of the molecule is C=CCn1c(SCC(=O)c2cc(C)n(C(C)C)c2C)nc2ccccc2c1=O. The molecule has 0 fully saturated rings. The Morgan fingerprint density at radius 2 is 2.00 bits per heavy atom. The number of Topliss-reactive ketones (excluding diaryl/α,β-unsaturated/α-hetero) is 1. The zero-order valence-electron chi connectivity index (χ0n) is 16.7. The van der Waals surface area contributed by atoms with E-state index < -0.39 is 0 Å². The normalized spacial score (nSPS) is 11.3. The Morgan fingerprint density at radius 3 is 2.64 bits per heavy atom. The van der Waals surface area contributed by atoms with E-state index in [9.17, 15) is 9.59 Å². The monoisotopic (exact) mass is 395 g/mol. The number of hydrogen-bond donors (Lipinski definition) is 0. The molecule has 2 heterocycles. The number of benzene rings is 1. The lowest BCUT2D eigenvalue weighted by atomic mass is 10.2. The third-order valence-electron chi connectivity index (χ3n) is 4.77. The first kappa shape index (κ1) is 20.1. The summed E-state index contributed by atoms with van der Waals surface area (Å²) < 4.78 is 3.74. The highest BCUT2D eigenvalue weighted by Gasteiger charge is 2.19. The van der Waals surface area contributed by atoms with Crippen LogP contribution < -0.4 is 5.56 Å². The average Bonchev–Trinajstić information content (AvgIpc) is 2.97. The van der Waals surface area contributed by atoms with Crippen LogP contribution in [0.15, 0.2) is 52.9 Å². The second-order valence-electron chi connectivity index (χ2n) is 7.08. The fourth-order valence-electron chi connectivity index (χ4n) is 3.61. The Bertz CT molecular complexity index is 1110. The van der Waals surface area contributed by atoms with Gasteiger partial charge in [0.1, 0.15) is 0 Å². The van der Waals surface area contributed by atoms with Crippen LogP contribution >= 0.6 is 11.8 Å². The summed E-state index contributed by atoms with van der Waals surface area (Å²) in [5.74, 6) is 0.266. The zero-order chi connectivity index (χ0) is 20.4. The van der Waals surface area contributed by atoms with Gasteiger partial charge in [-0.3, -0.25) is 14.2 Å². The quantitative estimate of drug-likeness (QED) is 0.255. The van der Waals surface area contributed by atoms with E-state index >= 15 is 0 Å². The predicted octanol–water partition coefficient (Wildman–Crippen LogP) is 4.56. The average molecular weight is 396 g/mol. The fourth-order valence-corrected chi connectivity index (χ4v) is 4.50. The Labute approximate surface area is 169 Å². The maximum absolute atomic E-state index is 12.9. The number of rotatable bonds is 7. The molecule has 0 atom stereocenters. The number of fused-ring (bicyclic) bond motifs is 1. The molecule has 28 heavy (non-hydrogen) atoms. The van der Waals surface area contributed by atoms with E-state index in [2.05, 4.69) is 30.0 Å². The topological polar surface area (TPSA) is 56.9 Å². The minimum absolute atomic E-state index is 0.0394. The van der Waals surface area contributed by atoms with Crippen molar-refractivity contribution in [1.82, 2.24) is 14.1 Å². The molecule has 0 saturated carbocycles. The number of aromatic nitrogens is 3. The smallest absolute Gasteiger partial charge is 0.262 e. The van der Waals surface area contributed by atoms with Crippen LogP contribution in [0.4, 0.5) is 0 Å². The third-order valence-corrected chi connectivity index (χ3v) is 5.75. The number of carbonyl (C=O) groups excluding carboxylic acids is 1. The van der Waals surface area contributed by atoms with E-state index in [-0.39, 0.29) is 17.1 Å². The zero-order valence-corrected chi connectivity index (χ0v) is 17.5. The Kier molecular flexibility index (Phi) is 5.89. The number of hydrogen-bond acceptors (Lipinski definition) is 4. The highest BCUT2D eigenvalue weighted by Crippen LogP contribution is 2.24. The van der Waals surface area contributed by atoms with Crippen LogP contribution in [0, 0.1) is 13.8 Å². The van der Waals surface area contributed by atoms with Crippen LogP contribution in [0.3, 0.4) is 0 Å². The van der Waals surface area contributed by atoms with Gasteiger partial charge >= 0.3 is 0 Å². The Morgan fingerprint density at radius 1 is 1.29 bits per heavy atom. The number of carbonyl (C=O) groups is 1. The van der Waals surface area contributed by atoms with E-state index in [1.807, 2.05) is 38.1 Å². The minimum Gasteiger partial charge on any atom is -0.346 e. The van der Waals surface area contributed by atoms with Gasteiger partial charge in [0.15, 0.2) is 10.9 Å². The lowest BCUT2D eigenvalue weighted by molar-refractivity contribution is 0.102. The molecule has 1 aromatic carbocycles. The molecule has 0 amide bonds. The highest BCUT2D eigenvalue weighted by molar-refractivity contribution is 7.99. The molecule has 0 unspecified atom stereocenters. The van der Waals surface area contributed by atoms with E-state index in [4.69, 9.17) is 0 Å². The molecule has 0 aliphatic carbocycles. The maximum Gasteiger partial charge on any atom is 0.262 e. The van der Waals surface area contributed by atoms with Gasteiger partial charge in [-0.15, -0.1) is 6.58 Å². The summed E-state index contributed by atoms with van der Waals surface area (Å²) in [4.78, 5) is 30.3.